The van der Waals surface area contributed by atoms with Crippen LogP contribution in [0.4, 0.5) is 0 Å². The van der Waals surface area contributed by atoms with Crippen LogP contribution in [0.15, 0.2) is 24.3 Å². The Kier molecular flexibility index (Phi) is 4.62. The average Bonchev–Trinajstić information content (AvgIpc) is 3.30. The van der Waals surface area contributed by atoms with Gasteiger partial charge in [0.15, 0.2) is 5.54 Å². The molecule has 2 rings (SSSR count). The van der Waals surface area contributed by atoms with Crippen molar-refractivity contribution >= 4 is 5.97 Å². The number of hydrogen-bond acceptors (Lipinski definition) is 5. The summed E-state index contributed by atoms with van der Waals surface area (Å²) in [6.07, 6.45) is 2.49. The quantitative estimate of drug-likeness (QED) is 0.724. The first-order valence-electron chi connectivity index (χ1n) is 6.80. The summed E-state index contributed by atoms with van der Waals surface area (Å²) in [5.41, 5.74) is 6.13. The molecule has 5 heteroatoms. The molecule has 5 nitrogen and oxygen atoms in total. The van der Waals surface area contributed by atoms with Crippen molar-refractivity contribution in [2.24, 2.45) is 11.7 Å². The summed E-state index contributed by atoms with van der Waals surface area (Å²) in [4.78, 5) is 11.8. The lowest BCUT2D eigenvalue weighted by atomic mass is 9.96. The summed E-state index contributed by atoms with van der Waals surface area (Å²) in [6.45, 7) is 0.236. The van der Waals surface area contributed by atoms with Crippen molar-refractivity contribution in [3.05, 3.63) is 29.8 Å². The van der Waals surface area contributed by atoms with Crippen LogP contribution in [0, 0.1) is 5.92 Å². The number of ether oxygens (including phenoxy) is 2. The minimum atomic E-state index is -1.06. The highest BCUT2D eigenvalue weighted by Gasteiger charge is 2.49. The summed E-state index contributed by atoms with van der Waals surface area (Å²) in [7, 11) is 1.34. The van der Waals surface area contributed by atoms with E-state index in [1.54, 1.807) is 0 Å². The van der Waals surface area contributed by atoms with E-state index in [4.69, 9.17) is 20.3 Å². The second kappa shape index (κ2) is 6.24. The number of hydrogen-bond donors (Lipinski definition) is 2. The van der Waals surface area contributed by atoms with Crippen molar-refractivity contribution < 1.29 is 19.4 Å². The van der Waals surface area contributed by atoms with Crippen LogP contribution in [0.2, 0.25) is 0 Å². The first-order valence-corrected chi connectivity index (χ1v) is 6.80. The van der Waals surface area contributed by atoms with Gasteiger partial charge in [0.2, 0.25) is 0 Å². The molecule has 1 fully saturated rings. The van der Waals surface area contributed by atoms with Crippen molar-refractivity contribution in [3.63, 3.8) is 0 Å². The summed E-state index contributed by atoms with van der Waals surface area (Å²) in [5.74, 6) is 0.381. The summed E-state index contributed by atoms with van der Waals surface area (Å²) < 4.78 is 10.4. The molecule has 1 atom stereocenters. The Morgan fingerprint density at radius 1 is 1.40 bits per heavy atom. The van der Waals surface area contributed by atoms with Gasteiger partial charge in [0.1, 0.15) is 12.4 Å². The molecule has 1 aromatic carbocycles. The lowest BCUT2D eigenvalue weighted by Crippen LogP contribution is -2.55. The van der Waals surface area contributed by atoms with Gasteiger partial charge in [-0.25, -0.2) is 4.79 Å². The third-order valence-electron chi connectivity index (χ3n) is 3.67. The molecule has 1 saturated carbocycles. The van der Waals surface area contributed by atoms with Gasteiger partial charge in [-0.15, -0.1) is 0 Å². The molecule has 110 valence electrons. The number of carbonyl (C=O) groups excluding carboxylic acids is 1. The zero-order valence-electron chi connectivity index (χ0n) is 11.7. The molecule has 0 radical (unpaired) electrons. The molecule has 0 bridgehead atoms. The van der Waals surface area contributed by atoms with E-state index in [-0.39, 0.29) is 19.1 Å². The molecule has 0 aliphatic heterocycles. The lowest BCUT2D eigenvalue weighted by molar-refractivity contribution is -0.149. The number of rotatable bonds is 7. The van der Waals surface area contributed by atoms with Crippen LogP contribution in [-0.2, 0) is 16.0 Å². The third kappa shape index (κ3) is 3.29. The van der Waals surface area contributed by atoms with Crippen LogP contribution in [0.1, 0.15) is 18.4 Å². The normalized spacial score (nSPS) is 17.4. The third-order valence-corrected chi connectivity index (χ3v) is 3.67. The minimum Gasteiger partial charge on any atom is -0.491 e. The molecule has 1 aliphatic rings. The van der Waals surface area contributed by atoms with Crippen LogP contribution in [0.5, 0.6) is 5.75 Å². The lowest BCUT2D eigenvalue weighted by Gasteiger charge is -2.26. The smallest absolute Gasteiger partial charge is 0.329 e. The maximum absolute atomic E-state index is 11.8. The highest BCUT2D eigenvalue weighted by Crippen LogP contribution is 2.39. The number of esters is 1. The van der Waals surface area contributed by atoms with Crippen LogP contribution < -0.4 is 10.5 Å². The van der Waals surface area contributed by atoms with Gasteiger partial charge in [0.05, 0.1) is 7.11 Å². The highest BCUT2D eigenvalue weighted by atomic mass is 16.5. The second-order valence-corrected chi connectivity index (χ2v) is 5.21. The molecular formula is C15H21NO4. The fourth-order valence-electron chi connectivity index (χ4n) is 2.22. The second-order valence-electron chi connectivity index (χ2n) is 5.21. The molecule has 0 aromatic heterocycles. The van der Waals surface area contributed by atoms with Gasteiger partial charge in [-0.1, -0.05) is 12.1 Å². The van der Waals surface area contributed by atoms with Gasteiger partial charge in [-0.05, 0) is 42.9 Å². The Bertz CT molecular complexity index is 455. The Balaban J connectivity index is 1.97. The van der Waals surface area contributed by atoms with E-state index in [1.807, 2.05) is 24.3 Å². The Morgan fingerprint density at radius 2 is 2.05 bits per heavy atom. The molecule has 0 saturated heterocycles. The van der Waals surface area contributed by atoms with Gasteiger partial charge in [0, 0.05) is 6.61 Å². The Morgan fingerprint density at radius 3 is 2.55 bits per heavy atom. The SMILES string of the molecule is COC(=O)C(N)(COc1ccc(CCO)cc1)C1CC1. The van der Waals surface area contributed by atoms with E-state index in [2.05, 4.69) is 0 Å². The summed E-state index contributed by atoms with van der Waals surface area (Å²) in [5, 5.41) is 8.86. The number of aliphatic hydroxyl groups excluding tert-OH is 1. The van der Waals surface area contributed by atoms with Gasteiger partial charge >= 0.3 is 5.97 Å². The molecule has 0 amide bonds. The number of methoxy groups -OCH3 is 1. The van der Waals surface area contributed by atoms with Gasteiger partial charge in [0.25, 0.3) is 0 Å². The van der Waals surface area contributed by atoms with Crippen LogP contribution >= 0.6 is 0 Å². The van der Waals surface area contributed by atoms with E-state index in [0.717, 1.165) is 18.4 Å². The monoisotopic (exact) mass is 279 g/mol. The van der Waals surface area contributed by atoms with Gasteiger partial charge < -0.3 is 20.3 Å². The number of carbonyl (C=O) groups is 1. The average molecular weight is 279 g/mol. The molecule has 1 aromatic rings. The fraction of sp³-hybridized carbons (Fsp3) is 0.533. The molecule has 1 unspecified atom stereocenters. The standard InChI is InChI=1S/C15H21NO4/c1-19-14(18)15(16,12-4-5-12)10-20-13-6-2-11(3-7-13)8-9-17/h2-3,6-7,12,17H,4-5,8-10,16H2,1H3. The van der Waals surface area contributed by atoms with E-state index in [9.17, 15) is 4.79 Å². The Labute approximate surface area is 118 Å². The fourth-order valence-corrected chi connectivity index (χ4v) is 2.22. The van der Waals surface area contributed by atoms with Crippen LogP contribution in [-0.4, -0.2) is 36.9 Å². The van der Waals surface area contributed by atoms with E-state index >= 15 is 0 Å². The maximum atomic E-state index is 11.8. The largest absolute Gasteiger partial charge is 0.491 e. The molecule has 0 heterocycles. The minimum absolute atomic E-state index is 0.115. The Hall–Kier alpha value is -1.59. The van der Waals surface area contributed by atoms with Crippen molar-refractivity contribution in [1.29, 1.82) is 0 Å². The topological polar surface area (TPSA) is 81.8 Å². The first kappa shape index (κ1) is 14.8. The number of benzene rings is 1. The van der Waals surface area contributed by atoms with Crippen molar-refractivity contribution in [1.82, 2.24) is 0 Å². The van der Waals surface area contributed by atoms with Crippen LogP contribution in [0.3, 0.4) is 0 Å². The zero-order chi connectivity index (χ0) is 14.6. The van der Waals surface area contributed by atoms with Crippen molar-refractivity contribution in [2.45, 2.75) is 24.8 Å². The van der Waals surface area contributed by atoms with E-state index in [0.29, 0.717) is 12.2 Å². The maximum Gasteiger partial charge on any atom is 0.329 e. The summed E-state index contributed by atoms with van der Waals surface area (Å²) >= 11 is 0. The zero-order valence-corrected chi connectivity index (χ0v) is 11.7. The molecule has 3 N–H and O–H groups in total. The predicted octanol–water partition coefficient (Wildman–Crippen LogP) is 0.881. The molecular weight excluding hydrogens is 258 g/mol. The first-order chi connectivity index (χ1) is 9.60. The van der Waals surface area contributed by atoms with E-state index in [1.165, 1.54) is 7.11 Å². The summed E-state index contributed by atoms with van der Waals surface area (Å²) in [6, 6.07) is 7.41. The highest BCUT2D eigenvalue weighted by molar-refractivity contribution is 5.81. The molecule has 1 aliphatic carbocycles. The van der Waals surface area contributed by atoms with Gasteiger partial charge in [-0.3, -0.25) is 0 Å². The number of aliphatic hydroxyl groups is 1. The molecule has 0 spiro atoms. The molecule has 20 heavy (non-hydrogen) atoms. The van der Waals surface area contributed by atoms with Crippen molar-refractivity contribution in [2.75, 3.05) is 20.3 Å². The van der Waals surface area contributed by atoms with Crippen LogP contribution in [0.25, 0.3) is 0 Å². The van der Waals surface area contributed by atoms with E-state index < -0.39 is 11.5 Å². The number of nitrogens with two attached hydrogens (primary N) is 1. The van der Waals surface area contributed by atoms with Crippen molar-refractivity contribution in [3.8, 4) is 5.75 Å². The van der Waals surface area contributed by atoms with Gasteiger partial charge in [-0.2, -0.15) is 0 Å². The predicted molar refractivity (Wildman–Crippen MR) is 74.4 cm³/mol.